The maximum atomic E-state index is 14.2. The van der Waals surface area contributed by atoms with Gasteiger partial charge in [-0.15, -0.1) is 0 Å². The zero-order chi connectivity index (χ0) is 28.3. The van der Waals surface area contributed by atoms with Gasteiger partial charge in [-0.25, -0.2) is 9.78 Å². The highest BCUT2D eigenvalue weighted by Gasteiger charge is 2.61. The van der Waals surface area contributed by atoms with Crippen LogP contribution in [0.3, 0.4) is 0 Å². The Labute approximate surface area is 219 Å². The number of ether oxygens (including phenoxy) is 1. The second kappa shape index (κ2) is 11.5. The van der Waals surface area contributed by atoms with Crippen LogP contribution in [0.5, 0.6) is 5.75 Å². The van der Waals surface area contributed by atoms with Crippen molar-refractivity contribution < 1.29 is 36.6 Å². The molecule has 6 nitrogen and oxygen atoms in total. The number of halogens is 6. The molecule has 0 saturated carbocycles. The SMILES string of the molecule is CCCCc1nc(C)c(C(F)(F)C(F)(F)F)c(=O)n1Cc1ccc(OCc2ccc(C(=O)O)cc2)c(Cl)c1. The van der Waals surface area contributed by atoms with Crippen LogP contribution in [0.2, 0.25) is 5.02 Å². The minimum Gasteiger partial charge on any atom is -0.487 e. The summed E-state index contributed by atoms with van der Waals surface area (Å²) in [6.07, 6.45) is -4.52. The van der Waals surface area contributed by atoms with E-state index in [-0.39, 0.29) is 41.7 Å². The number of aromatic carboxylic acids is 1. The van der Waals surface area contributed by atoms with Gasteiger partial charge in [-0.1, -0.05) is 43.1 Å². The number of hydrogen-bond acceptors (Lipinski definition) is 4. The molecule has 0 aliphatic carbocycles. The molecule has 3 rings (SSSR count). The van der Waals surface area contributed by atoms with E-state index in [4.69, 9.17) is 21.4 Å². The van der Waals surface area contributed by atoms with E-state index >= 15 is 0 Å². The number of aryl methyl sites for hydroxylation is 2. The Morgan fingerprint density at radius 3 is 2.26 bits per heavy atom. The number of hydrogen-bond donors (Lipinski definition) is 1. The Hall–Kier alpha value is -3.47. The molecule has 38 heavy (non-hydrogen) atoms. The standard InChI is InChI=1S/C26H24ClF5N2O4/c1-3-4-5-21-33-15(2)22(25(28,29)26(30,31)32)23(35)34(21)13-17-8-11-20(19(27)12-17)38-14-16-6-9-18(10-7-16)24(36)37/h6-12H,3-5,13-14H2,1-2H3,(H,36,37). The van der Waals surface area contributed by atoms with Gasteiger partial charge in [0, 0.05) is 6.42 Å². The lowest BCUT2D eigenvalue weighted by Gasteiger charge is -2.23. The number of aromatic nitrogens is 2. The lowest BCUT2D eigenvalue weighted by atomic mass is 10.1. The molecule has 0 aliphatic rings. The lowest BCUT2D eigenvalue weighted by molar-refractivity contribution is -0.290. The van der Waals surface area contributed by atoms with Crippen LogP contribution in [0, 0.1) is 6.92 Å². The van der Waals surface area contributed by atoms with E-state index in [0.717, 1.165) is 11.5 Å². The van der Waals surface area contributed by atoms with E-state index in [1.54, 1.807) is 12.1 Å². The second-order valence-corrected chi connectivity index (χ2v) is 9.02. The smallest absolute Gasteiger partial charge is 0.458 e. The van der Waals surface area contributed by atoms with Crippen molar-refractivity contribution in [2.75, 3.05) is 0 Å². The van der Waals surface area contributed by atoms with Gasteiger partial charge in [0.2, 0.25) is 0 Å². The number of alkyl halides is 5. The molecule has 1 N–H and O–H groups in total. The maximum absolute atomic E-state index is 14.2. The van der Waals surface area contributed by atoms with Crippen LogP contribution in [0.25, 0.3) is 0 Å². The summed E-state index contributed by atoms with van der Waals surface area (Å²) in [6.45, 7) is 2.56. The van der Waals surface area contributed by atoms with Gasteiger partial charge < -0.3 is 9.84 Å². The molecule has 0 amide bonds. The molecule has 0 unspecified atom stereocenters. The number of unbranched alkanes of at least 4 members (excludes halogenated alkanes) is 1. The van der Waals surface area contributed by atoms with E-state index in [2.05, 4.69) is 4.98 Å². The number of carbonyl (C=O) groups is 1. The normalized spacial score (nSPS) is 12.0. The second-order valence-electron chi connectivity index (χ2n) is 8.61. The first-order chi connectivity index (χ1) is 17.8. The largest absolute Gasteiger partial charge is 0.487 e. The summed E-state index contributed by atoms with van der Waals surface area (Å²) >= 11 is 6.31. The Bertz CT molecular complexity index is 1370. The van der Waals surface area contributed by atoms with E-state index in [9.17, 15) is 31.5 Å². The first-order valence-electron chi connectivity index (χ1n) is 11.5. The van der Waals surface area contributed by atoms with Crippen LogP contribution >= 0.6 is 11.6 Å². The molecular formula is C26H24ClF5N2O4. The quantitative estimate of drug-likeness (QED) is 0.286. The Kier molecular flexibility index (Phi) is 8.81. The molecule has 0 atom stereocenters. The van der Waals surface area contributed by atoms with Gasteiger partial charge in [0.05, 0.1) is 22.8 Å². The summed E-state index contributed by atoms with van der Waals surface area (Å²) in [6, 6.07) is 10.4. The summed E-state index contributed by atoms with van der Waals surface area (Å²) in [5, 5.41) is 9.09. The Morgan fingerprint density at radius 2 is 1.71 bits per heavy atom. The van der Waals surface area contributed by atoms with Gasteiger partial charge in [0.25, 0.3) is 5.56 Å². The van der Waals surface area contributed by atoms with Crippen LogP contribution in [-0.4, -0.2) is 26.8 Å². The number of carboxylic acid groups (broad SMARTS) is 1. The lowest BCUT2D eigenvalue weighted by Crippen LogP contribution is -2.42. The van der Waals surface area contributed by atoms with E-state index < -0.39 is 34.9 Å². The van der Waals surface area contributed by atoms with Crippen molar-refractivity contribution in [1.29, 1.82) is 0 Å². The van der Waals surface area contributed by atoms with Crippen LogP contribution in [-0.2, 0) is 25.5 Å². The first-order valence-corrected chi connectivity index (χ1v) is 11.9. The van der Waals surface area contributed by atoms with Gasteiger partial charge in [-0.2, -0.15) is 22.0 Å². The van der Waals surface area contributed by atoms with Crippen LogP contribution in [0.15, 0.2) is 47.3 Å². The number of carboxylic acids is 1. The average Bonchev–Trinajstić information content (AvgIpc) is 2.83. The predicted octanol–water partition coefficient (Wildman–Crippen LogP) is 6.53. The number of rotatable bonds is 10. The first kappa shape index (κ1) is 29.1. The van der Waals surface area contributed by atoms with Crippen molar-refractivity contribution in [2.45, 2.75) is 58.4 Å². The van der Waals surface area contributed by atoms with Gasteiger partial charge in [-0.05, 0) is 48.7 Å². The number of benzene rings is 2. The minimum atomic E-state index is -5.96. The van der Waals surface area contributed by atoms with Crippen molar-refractivity contribution in [3.63, 3.8) is 0 Å². The molecule has 204 valence electrons. The van der Waals surface area contributed by atoms with Crippen molar-refractivity contribution >= 4 is 17.6 Å². The minimum absolute atomic E-state index is 0.0668. The predicted molar refractivity (Wildman–Crippen MR) is 130 cm³/mol. The van der Waals surface area contributed by atoms with Gasteiger partial charge >= 0.3 is 18.1 Å². The summed E-state index contributed by atoms with van der Waals surface area (Å²) < 4.78 is 74.3. The van der Waals surface area contributed by atoms with Crippen molar-refractivity contribution in [2.24, 2.45) is 0 Å². The molecule has 2 aromatic carbocycles. The maximum Gasteiger partial charge on any atom is 0.458 e. The summed E-state index contributed by atoms with van der Waals surface area (Å²) in [5.74, 6) is -6.09. The van der Waals surface area contributed by atoms with E-state index in [1.165, 1.54) is 30.3 Å². The Balaban J connectivity index is 1.91. The fourth-order valence-corrected chi connectivity index (χ4v) is 4.01. The monoisotopic (exact) mass is 558 g/mol. The molecule has 3 aromatic rings. The number of nitrogens with zero attached hydrogens (tertiary/aromatic N) is 2. The van der Waals surface area contributed by atoms with Crippen LogP contribution in [0.4, 0.5) is 22.0 Å². The van der Waals surface area contributed by atoms with Gasteiger partial charge in [0.1, 0.15) is 23.7 Å². The molecule has 0 spiro atoms. The third kappa shape index (κ3) is 6.32. The van der Waals surface area contributed by atoms with Crippen molar-refractivity contribution in [3.8, 4) is 5.75 Å². The van der Waals surface area contributed by atoms with Crippen molar-refractivity contribution in [1.82, 2.24) is 9.55 Å². The summed E-state index contributed by atoms with van der Waals surface area (Å²) in [4.78, 5) is 27.9. The summed E-state index contributed by atoms with van der Waals surface area (Å²) in [5.41, 5.74) is -2.69. The average molecular weight is 559 g/mol. The summed E-state index contributed by atoms with van der Waals surface area (Å²) in [7, 11) is 0. The molecule has 0 saturated heterocycles. The van der Waals surface area contributed by atoms with E-state index in [1.807, 2.05) is 6.92 Å². The van der Waals surface area contributed by atoms with Crippen LogP contribution in [0.1, 0.15) is 58.3 Å². The van der Waals surface area contributed by atoms with Crippen molar-refractivity contribution in [3.05, 3.63) is 91.6 Å². The highest BCUT2D eigenvalue weighted by molar-refractivity contribution is 6.32. The third-order valence-corrected chi connectivity index (χ3v) is 6.08. The fraction of sp³-hybridized carbons (Fsp3) is 0.346. The molecule has 0 radical (unpaired) electrons. The molecular weight excluding hydrogens is 535 g/mol. The fourth-order valence-electron chi connectivity index (χ4n) is 3.76. The molecule has 1 aromatic heterocycles. The Morgan fingerprint density at radius 1 is 1.08 bits per heavy atom. The molecule has 0 bridgehead atoms. The zero-order valence-electron chi connectivity index (χ0n) is 20.4. The molecule has 12 heteroatoms. The van der Waals surface area contributed by atoms with Crippen LogP contribution < -0.4 is 10.3 Å². The third-order valence-electron chi connectivity index (χ3n) is 5.79. The van der Waals surface area contributed by atoms with E-state index in [0.29, 0.717) is 24.0 Å². The molecule has 0 fully saturated rings. The van der Waals surface area contributed by atoms with Gasteiger partial charge in [0.15, 0.2) is 0 Å². The zero-order valence-corrected chi connectivity index (χ0v) is 21.2. The molecule has 0 aliphatic heterocycles. The molecule has 1 heterocycles. The van der Waals surface area contributed by atoms with Gasteiger partial charge in [-0.3, -0.25) is 9.36 Å². The highest BCUT2D eigenvalue weighted by atomic mass is 35.5. The topological polar surface area (TPSA) is 81.4 Å². The highest BCUT2D eigenvalue weighted by Crippen LogP contribution is 2.43.